The first-order valence-electron chi connectivity index (χ1n) is 29.4. The fraction of sp³-hybridized carbons (Fsp3) is 0.703. The lowest BCUT2D eigenvalue weighted by molar-refractivity contribution is -0.870. The van der Waals surface area contributed by atoms with Crippen molar-refractivity contribution in [2.45, 2.75) is 245 Å². The Hall–Kier alpha value is -3.79. The predicted molar refractivity (Wildman–Crippen MR) is 309 cm³/mol. The van der Waals surface area contributed by atoms with Gasteiger partial charge in [-0.15, -0.1) is 0 Å². The molecule has 0 aliphatic heterocycles. The maximum atomic E-state index is 12.9. The van der Waals surface area contributed by atoms with Crippen LogP contribution in [0.15, 0.2) is 97.2 Å². The fourth-order valence-electron chi connectivity index (χ4n) is 7.81. The van der Waals surface area contributed by atoms with Crippen molar-refractivity contribution in [3.05, 3.63) is 97.2 Å². The molecular formula is C64H110NO8+. The molecule has 0 radical (unpaired) electrons. The maximum Gasteiger partial charge on any atom is 0.361 e. The van der Waals surface area contributed by atoms with Crippen LogP contribution in [0.25, 0.3) is 0 Å². The van der Waals surface area contributed by atoms with Crippen LogP contribution in [-0.4, -0.2) is 87.4 Å². The summed E-state index contributed by atoms with van der Waals surface area (Å²) in [5, 5.41) is 9.71. The van der Waals surface area contributed by atoms with Crippen LogP contribution in [0.2, 0.25) is 0 Å². The van der Waals surface area contributed by atoms with Crippen molar-refractivity contribution >= 4 is 17.9 Å². The highest BCUT2D eigenvalue weighted by Crippen LogP contribution is 2.15. The van der Waals surface area contributed by atoms with Gasteiger partial charge in [-0.3, -0.25) is 9.59 Å². The number of carbonyl (C=O) groups excluding carboxylic acids is 2. The smallest absolute Gasteiger partial charge is 0.361 e. The third kappa shape index (κ3) is 55.8. The summed E-state index contributed by atoms with van der Waals surface area (Å²) in [6, 6.07) is 0. The lowest BCUT2D eigenvalue weighted by atomic mass is 10.1. The van der Waals surface area contributed by atoms with Crippen LogP contribution in [0.1, 0.15) is 232 Å². The third-order valence-electron chi connectivity index (χ3n) is 12.3. The molecule has 418 valence electrons. The molecule has 0 saturated heterocycles. The number of hydrogen-bond acceptors (Lipinski definition) is 7. The van der Waals surface area contributed by atoms with Crippen LogP contribution in [-0.2, 0) is 33.3 Å². The van der Waals surface area contributed by atoms with Crippen LogP contribution in [0, 0.1) is 0 Å². The number of ether oxygens (including phenoxy) is 4. The Bertz CT molecular complexity index is 1520. The highest BCUT2D eigenvalue weighted by Gasteiger charge is 2.25. The highest BCUT2D eigenvalue weighted by molar-refractivity contribution is 5.71. The van der Waals surface area contributed by atoms with Gasteiger partial charge in [-0.25, -0.2) is 4.79 Å². The van der Waals surface area contributed by atoms with Gasteiger partial charge >= 0.3 is 17.9 Å². The van der Waals surface area contributed by atoms with Crippen LogP contribution < -0.4 is 0 Å². The number of carbonyl (C=O) groups is 3. The van der Waals surface area contributed by atoms with Crippen molar-refractivity contribution in [1.29, 1.82) is 0 Å². The molecule has 0 saturated carbocycles. The van der Waals surface area contributed by atoms with Crippen molar-refractivity contribution in [2.75, 3.05) is 47.5 Å². The molecule has 9 heteroatoms. The number of carboxylic acids is 1. The zero-order valence-corrected chi connectivity index (χ0v) is 47.5. The third-order valence-corrected chi connectivity index (χ3v) is 12.3. The van der Waals surface area contributed by atoms with Crippen molar-refractivity contribution in [2.24, 2.45) is 0 Å². The number of esters is 2. The minimum atomic E-state index is -1.52. The maximum absolute atomic E-state index is 12.9. The molecule has 0 rings (SSSR count). The van der Waals surface area contributed by atoms with Crippen LogP contribution in [0.5, 0.6) is 0 Å². The van der Waals surface area contributed by atoms with Gasteiger partial charge < -0.3 is 28.5 Å². The van der Waals surface area contributed by atoms with Gasteiger partial charge in [0.15, 0.2) is 6.10 Å². The molecule has 0 aliphatic carbocycles. The predicted octanol–water partition coefficient (Wildman–Crippen LogP) is 17.3. The molecule has 73 heavy (non-hydrogen) atoms. The van der Waals surface area contributed by atoms with Gasteiger partial charge in [0.1, 0.15) is 13.2 Å². The Morgan fingerprint density at radius 1 is 0.425 bits per heavy atom. The summed E-state index contributed by atoms with van der Waals surface area (Å²) in [7, 11) is 5.96. The van der Waals surface area contributed by atoms with E-state index in [0.29, 0.717) is 17.4 Å². The monoisotopic (exact) mass is 1020 g/mol. The number of allylic oxidation sites excluding steroid dienone is 16. The number of hydrogen-bond donors (Lipinski definition) is 1. The molecule has 2 unspecified atom stereocenters. The summed E-state index contributed by atoms with van der Waals surface area (Å²) >= 11 is 0. The SMILES string of the molecule is CC/C=C\C/C=C\C/C=C\C/C=C\C/C=C\CCCCCCCCCCCC(=O)OC(COC(=O)CCCCCCCCCC/C=C\C/C=C\C/C=C\CCCCCCC)COC(OCC[N+](C)(C)C)C(=O)O. The average molecular weight is 1020 g/mol. The van der Waals surface area contributed by atoms with Crippen molar-refractivity contribution in [3.8, 4) is 0 Å². The molecule has 0 amide bonds. The minimum Gasteiger partial charge on any atom is -0.477 e. The van der Waals surface area contributed by atoms with Gasteiger partial charge in [0, 0.05) is 12.8 Å². The lowest BCUT2D eigenvalue weighted by Crippen LogP contribution is -2.40. The van der Waals surface area contributed by atoms with E-state index in [9.17, 15) is 19.5 Å². The van der Waals surface area contributed by atoms with E-state index in [4.69, 9.17) is 18.9 Å². The molecule has 0 aromatic carbocycles. The number of carboxylic acid groups (broad SMARTS) is 1. The molecule has 9 nitrogen and oxygen atoms in total. The highest BCUT2D eigenvalue weighted by atomic mass is 16.7. The van der Waals surface area contributed by atoms with Crippen molar-refractivity contribution in [1.82, 2.24) is 0 Å². The lowest BCUT2D eigenvalue weighted by Gasteiger charge is -2.25. The molecular weight excluding hydrogens is 911 g/mol. The first kappa shape index (κ1) is 69.2. The van der Waals surface area contributed by atoms with Gasteiger partial charge in [-0.2, -0.15) is 0 Å². The van der Waals surface area contributed by atoms with E-state index in [1.807, 2.05) is 21.1 Å². The summed E-state index contributed by atoms with van der Waals surface area (Å²) in [6.45, 7) is 4.74. The normalized spacial score (nSPS) is 13.5. The summed E-state index contributed by atoms with van der Waals surface area (Å²) in [5.41, 5.74) is 0. The van der Waals surface area contributed by atoms with Crippen molar-refractivity contribution in [3.63, 3.8) is 0 Å². The molecule has 2 atom stereocenters. The number of likely N-dealkylation sites (N-methyl/N-ethyl adjacent to an activating group) is 1. The summed E-state index contributed by atoms with van der Waals surface area (Å²) in [4.78, 5) is 37.5. The first-order chi connectivity index (χ1) is 35.6. The average Bonchev–Trinajstić information content (AvgIpc) is 3.36. The van der Waals surface area contributed by atoms with E-state index in [0.717, 1.165) is 103 Å². The van der Waals surface area contributed by atoms with E-state index in [1.54, 1.807) is 0 Å². The van der Waals surface area contributed by atoms with Crippen molar-refractivity contribution < 1.29 is 42.9 Å². The van der Waals surface area contributed by atoms with Gasteiger partial charge in [-0.1, -0.05) is 220 Å². The Labute approximate surface area is 448 Å². The molecule has 0 spiro atoms. The summed E-state index contributed by atoms with van der Waals surface area (Å²) in [6.07, 6.45) is 70.5. The second-order valence-electron chi connectivity index (χ2n) is 20.6. The van der Waals surface area contributed by atoms with E-state index in [1.165, 1.54) is 96.3 Å². The zero-order valence-electron chi connectivity index (χ0n) is 47.5. The second-order valence-corrected chi connectivity index (χ2v) is 20.6. The van der Waals surface area contributed by atoms with Crippen LogP contribution in [0.4, 0.5) is 0 Å². The fourth-order valence-corrected chi connectivity index (χ4v) is 7.81. The topological polar surface area (TPSA) is 108 Å². The van der Waals surface area contributed by atoms with E-state index in [2.05, 4.69) is 111 Å². The molecule has 0 bridgehead atoms. The summed E-state index contributed by atoms with van der Waals surface area (Å²) in [5.74, 6) is -2.03. The Balaban J connectivity index is 4.30. The number of rotatable bonds is 53. The number of unbranched alkanes of at least 4 members (excludes halogenated alkanes) is 22. The Morgan fingerprint density at radius 3 is 1.16 bits per heavy atom. The molecule has 0 aromatic heterocycles. The van der Waals surface area contributed by atoms with E-state index in [-0.39, 0.29) is 38.6 Å². The van der Waals surface area contributed by atoms with E-state index < -0.39 is 24.3 Å². The van der Waals surface area contributed by atoms with Gasteiger partial charge in [0.25, 0.3) is 6.29 Å². The van der Waals surface area contributed by atoms with Crippen LogP contribution in [0.3, 0.4) is 0 Å². The molecule has 0 heterocycles. The quantitative estimate of drug-likeness (QED) is 0.0211. The van der Waals surface area contributed by atoms with Crippen LogP contribution >= 0.6 is 0 Å². The molecule has 1 N–H and O–H groups in total. The number of nitrogens with zero attached hydrogens (tertiary/aromatic N) is 1. The zero-order chi connectivity index (χ0) is 53.4. The Morgan fingerprint density at radius 2 is 0.781 bits per heavy atom. The van der Waals surface area contributed by atoms with E-state index >= 15 is 0 Å². The minimum absolute atomic E-state index is 0.180. The largest absolute Gasteiger partial charge is 0.477 e. The molecule has 0 fully saturated rings. The van der Waals surface area contributed by atoms with Gasteiger partial charge in [0.2, 0.25) is 0 Å². The molecule has 0 aromatic rings. The number of quaternary nitrogens is 1. The van der Waals surface area contributed by atoms with Gasteiger partial charge in [-0.05, 0) is 96.3 Å². The van der Waals surface area contributed by atoms with Gasteiger partial charge in [0.05, 0.1) is 34.4 Å². The molecule has 0 aliphatic rings. The Kier molecular flexibility index (Phi) is 51.6. The summed E-state index contributed by atoms with van der Waals surface area (Å²) < 4.78 is 22.9. The standard InChI is InChI=1S/C64H109NO8/c1-6-8-10-12-14-16-18-20-22-24-26-28-30-31-33-35-37-39-41-43-45-47-49-51-53-55-62(67)73-60(59-72-64(63(68)69)70-57-56-65(3,4)5)58-71-61(66)54-52-50-48-46-44-42-40-38-36-34-32-29-27-25-23-21-19-17-15-13-11-9-7-2/h8,10,14,16,19-22,25-28,31-34,60,64H,6-7,9,11-13,15,17-18,23-24,29-30,35-59H2,1-5H3/p+1/b10-8-,16-14-,21-19-,22-20-,27-25-,28-26-,33-31-,34-32-. The first-order valence-corrected chi connectivity index (χ1v) is 29.4. The number of aliphatic carboxylic acids is 1. The second kappa shape index (κ2) is 54.5.